The summed E-state index contributed by atoms with van der Waals surface area (Å²) in [7, 11) is -2.39. The monoisotopic (exact) mass is 730 g/mol. The second-order valence-electron chi connectivity index (χ2n) is 14.7. The minimum absolute atomic E-state index is 0.0813. The maximum absolute atomic E-state index is 14.3. The molecule has 0 radical (unpaired) electrons. The number of sulfonamides is 1. The SMILES string of the molecule is COc1cc(C)c(S(=O)(=O)N2c3ccccc3C[C@H]2COCC(=O)N2CCC(CNC(=O)c3ccncc3)(N3CCN(C4CC4)CC3)CC2)c(C)c1. The number of hydrogen-bond acceptors (Lipinski definition) is 9. The van der Waals surface area contributed by atoms with Crippen molar-refractivity contribution in [1.29, 1.82) is 0 Å². The lowest BCUT2D eigenvalue weighted by atomic mass is 9.84. The lowest BCUT2D eigenvalue weighted by Gasteiger charge is -2.51. The van der Waals surface area contributed by atoms with Gasteiger partial charge in [0.15, 0.2) is 0 Å². The smallest absolute Gasteiger partial charge is 0.265 e. The number of ether oxygens (including phenoxy) is 2. The van der Waals surface area contributed by atoms with Gasteiger partial charge in [0, 0.05) is 75.4 Å². The highest BCUT2D eigenvalue weighted by molar-refractivity contribution is 7.93. The molecule has 1 atom stereocenters. The fourth-order valence-corrected chi connectivity index (χ4v) is 10.5. The Morgan fingerprint density at radius 1 is 0.942 bits per heavy atom. The van der Waals surface area contributed by atoms with Crippen LogP contribution in [0.2, 0.25) is 0 Å². The average molecular weight is 731 g/mol. The number of likely N-dealkylation sites (tertiary alicyclic amines) is 1. The van der Waals surface area contributed by atoms with Crippen molar-refractivity contribution >= 4 is 27.5 Å². The van der Waals surface area contributed by atoms with Crippen molar-refractivity contribution in [3.8, 4) is 5.75 Å². The van der Waals surface area contributed by atoms with E-state index in [0.717, 1.165) is 50.6 Å². The maximum atomic E-state index is 14.3. The first-order chi connectivity index (χ1) is 25.1. The van der Waals surface area contributed by atoms with Gasteiger partial charge in [-0.15, -0.1) is 0 Å². The van der Waals surface area contributed by atoms with Crippen LogP contribution in [0.3, 0.4) is 0 Å². The van der Waals surface area contributed by atoms with E-state index in [1.54, 1.807) is 57.6 Å². The molecule has 1 aliphatic carbocycles. The molecule has 1 aromatic heterocycles. The molecule has 7 rings (SSSR count). The van der Waals surface area contributed by atoms with Crippen molar-refractivity contribution in [3.05, 3.63) is 83.2 Å². The molecule has 1 N–H and O–H groups in total. The first-order valence-corrected chi connectivity index (χ1v) is 19.8. The van der Waals surface area contributed by atoms with E-state index in [1.165, 1.54) is 17.1 Å². The average Bonchev–Trinajstić information content (AvgIpc) is 3.94. The van der Waals surface area contributed by atoms with Gasteiger partial charge >= 0.3 is 0 Å². The second kappa shape index (κ2) is 15.1. The Morgan fingerprint density at radius 2 is 1.62 bits per heavy atom. The molecule has 2 amide bonds. The summed E-state index contributed by atoms with van der Waals surface area (Å²) in [5.74, 6) is 0.377. The van der Waals surface area contributed by atoms with Gasteiger partial charge in [-0.3, -0.25) is 28.7 Å². The standard InChI is InChI=1S/C39H50N6O6S/c1-28-22-34(50-3)23-29(2)37(28)52(48,49)45-33(24-31-6-4-5-7-35(31)45)25-51-26-36(46)43-16-12-39(13-17-43,27-41-38(47)30-10-14-40-15-11-30)44-20-18-42(19-21-44)32-8-9-32/h4-7,10-11,14-15,22-23,32-33H,8-9,12-13,16-21,24-27H2,1-3H3,(H,41,47)/t33-/m0/s1. The molecule has 4 heterocycles. The molecule has 4 aliphatic rings. The van der Waals surface area contributed by atoms with E-state index in [9.17, 15) is 18.0 Å². The molecule has 0 spiro atoms. The highest BCUT2D eigenvalue weighted by Crippen LogP contribution is 2.39. The number of aryl methyl sites for hydroxylation is 2. The number of carbonyl (C=O) groups excluding carboxylic acids is 2. The number of fused-ring (bicyclic) bond motifs is 1. The van der Waals surface area contributed by atoms with Crippen LogP contribution in [0.25, 0.3) is 0 Å². The third-order valence-electron chi connectivity index (χ3n) is 11.4. The van der Waals surface area contributed by atoms with E-state index in [2.05, 4.69) is 20.1 Å². The summed E-state index contributed by atoms with van der Waals surface area (Å²) in [4.78, 5) is 37.9. The summed E-state index contributed by atoms with van der Waals surface area (Å²) >= 11 is 0. The lowest BCUT2D eigenvalue weighted by molar-refractivity contribution is -0.139. The molecular formula is C39H50N6O6S. The van der Waals surface area contributed by atoms with Gasteiger partial charge in [0.05, 0.1) is 30.3 Å². The van der Waals surface area contributed by atoms with E-state index in [0.29, 0.717) is 54.2 Å². The maximum Gasteiger partial charge on any atom is 0.265 e. The molecule has 278 valence electrons. The zero-order chi connectivity index (χ0) is 36.5. The Balaban J connectivity index is 0.993. The molecule has 0 unspecified atom stereocenters. The number of aromatic nitrogens is 1. The number of nitrogens with one attached hydrogen (secondary N) is 1. The van der Waals surface area contributed by atoms with Gasteiger partial charge in [0.25, 0.3) is 15.9 Å². The number of nitrogens with zero attached hydrogens (tertiary/aromatic N) is 5. The molecule has 1 saturated carbocycles. The zero-order valence-electron chi connectivity index (χ0n) is 30.4. The van der Waals surface area contributed by atoms with Gasteiger partial charge in [-0.05, 0) is 93.0 Å². The number of piperidine rings is 1. The molecule has 3 aromatic rings. The van der Waals surface area contributed by atoms with Crippen LogP contribution in [0.4, 0.5) is 5.69 Å². The predicted molar refractivity (Wildman–Crippen MR) is 198 cm³/mol. The van der Waals surface area contributed by atoms with Gasteiger partial charge in [-0.2, -0.15) is 0 Å². The number of benzene rings is 2. The Morgan fingerprint density at radius 3 is 2.27 bits per heavy atom. The van der Waals surface area contributed by atoms with Gasteiger partial charge in [-0.25, -0.2) is 8.42 Å². The topological polar surface area (TPSA) is 125 Å². The highest BCUT2D eigenvalue weighted by Gasteiger charge is 2.44. The van der Waals surface area contributed by atoms with Crippen molar-refractivity contribution in [1.82, 2.24) is 25.0 Å². The zero-order valence-corrected chi connectivity index (χ0v) is 31.2. The van der Waals surface area contributed by atoms with Crippen LogP contribution in [0, 0.1) is 13.8 Å². The summed E-state index contributed by atoms with van der Waals surface area (Å²) in [5, 5.41) is 3.20. The van der Waals surface area contributed by atoms with E-state index >= 15 is 0 Å². The van der Waals surface area contributed by atoms with Crippen molar-refractivity contribution < 1.29 is 27.5 Å². The summed E-state index contributed by atoms with van der Waals surface area (Å²) in [6.45, 7) is 9.07. The normalized spacial score (nSPS) is 20.8. The Labute approximate surface area is 307 Å². The summed E-state index contributed by atoms with van der Waals surface area (Å²) in [6, 6.07) is 14.7. The van der Waals surface area contributed by atoms with E-state index < -0.39 is 16.1 Å². The molecule has 0 bridgehead atoms. The molecule has 3 aliphatic heterocycles. The van der Waals surface area contributed by atoms with Crippen LogP contribution in [-0.4, -0.2) is 124 Å². The minimum Gasteiger partial charge on any atom is -0.497 e. The van der Waals surface area contributed by atoms with Gasteiger partial charge in [0.1, 0.15) is 12.4 Å². The first-order valence-electron chi connectivity index (χ1n) is 18.4. The molecule has 52 heavy (non-hydrogen) atoms. The number of anilines is 1. The minimum atomic E-state index is -3.96. The van der Waals surface area contributed by atoms with Crippen molar-refractivity contribution in [3.63, 3.8) is 0 Å². The molecular weight excluding hydrogens is 681 g/mol. The van der Waals surface area contributed by atoms with Crippen LogP contribution >= 0.6 is 0 Å². The second-order valence-corrected chi connectivity index (χ2v) is 16.4. The molecule has 3 fully saturated rings. The molecule has 2 aromatic carbocycles. The molecule has 13 heteroatoms. The Hall–Kier alpha value is -4.04. The van der Waals surface area contributed by atoms with Gasteiger partial charge in [-0.1, -0.05) is 18.2 Å². The first kappa shape index (κ1) is 36.3. The number of hydrogen-bond donors (Lipinski definition) is 1. The third-order valence-corrected chi connectivity index (χ3v) is 13.5. The van der Waals surface area contributed by atoms with Crippen LogP contribution in [0.1, 0.15) is 52.7 Å². The highest BCUT2D eigenvalue weighted by atomic mass is 32.2. The van der Waals surface area contributed by atoms with E-state index in [-0.39, 0.29) is 35.5 Å². The fourth-order valence-electron chi connectivity index (χ4n) is 8.42. The largest absolute Gasteiger partial charge is 0.497 e. The predicted octanol–water partition coefficient (Wildman–Crippen LogP) is 3.41. The molecule has 2 saturated heterocycles. The van der Waals surface area contributed by atoms with Gasteiger partial charge < -0.3 is 19.7 Å². The van der Waals surface area contributed by atoms with E-state index in [4.69, 9.17) is 9.47 Å². The number of methoxy groups -OCH3 is 1. The molecule has 12 nitrogen and oxygen atoms in total. The van der Waals surface area contributed by atoms with Crippen molar-refractivity contribution in [2.24, 2.45) is 0 Å². The summed E-state index contributed by atoms with van der Waals surface area (Å²) in [5.41, 5.74) is 3.12. The third kappa shape index (κ3) is 7.41. The van der Waals surface area contributed by atoms with Crippen LogP contribution < -0.4 is 14.4 Å². The number of amides is 2. The van der Waals surface area contributed by atoms with Crippen LogP contribution in [0.15, 0.2) is 65.8 Å². The van der Waals surface area contributed by atoms with Crippen LogP contribution in [0.5, 0.6) is 5.75 Å². The fraction of sp³-hybridized carbons (Fsp3) is 0.513. The quantitative estimate of drug-likeness (QED) is 0.299. The summed E-state index contributed by atoms with van der Waals surface area (Å²) < 4.78 is 41.6. The number of carbonyl (C=O) groups is 2. The van der Waals surface area contributed by atoms with Crippen molar-refractivity contribution in [2.45, 2.75) is 68.5 Å². The Kier molecular flexibility index (Phi) is 10.6. The van der Waals surface area contributed by atoms with Gasteiger partial charge in [0.2, 0.25) is 5.91 Å². The number of rotatable bonds is 12. The number of piperazine rings is 1. The van der Waals surface area contributed by atoms with Crippen molar-refractivity contribution in [2.75, 3.05) is 70.4 Å². The number of pyridine rings is 1. The van der Waals surface area contributed by atoms with E-state index in [1.807, 2.05) is 29.2 Å². The lowest BCUT2D eigenvalue weighted by Crippen LogP contribution is -2.65. The van der Waals surface area contributed by atoms with Crippen LogP contribution in [-0.2, 0) is 26.0 Å². The summed E-state index contributed by atoms with van der Waals surface area (Å²) in [6.07, 6.45) is 7.79. The number of para-hydroxylation sites is 1. The Bertz CT molecular complexity index is 1850.